The fourth-order valence-corrected chi connectivity index (χ4v) is 1.72. The number of carbonyl (C=O) groups excluding carboxylic acids is 2. The molecule has 6 heteroatoms. The molecule has 17 heavy (non-hydrogen) atoms. The van der Waals surface area contributed by atoms with Crippen LogP contribution in [0.25, 0.3) is 0 Å². The number of nitrogens with zero attached hydrogens (tertiary/aromatic N) is 1. The normalized spacial score (nSPS) is 17.6. The second-order valence-electron chi connectivity index (χ2n) is 4.82. The summed E-state index contributed by atoms with van der Waals surface area (Å²) in [6, 6.07) is 0. The summed E-state index contributed by atoms with van der Waals surface area (Å²) in [6.45, 7) is 3.94. The molecule has 0 spiro atoms. The molecule has 5 nitrogen and oxygen atoms in total. The zero-order chi connectivity index (χ0) is 12.3. The first kappa shape index (κ1) is 16.2. The van der Waals surface area contributed by atoms with E-state index in [1.54, 1.807) is 7.05 Å². The van der Waals surface area contributed by atoms with Crippen molar-refractivity contribution in [3.63, 3.8) is 0 Å². The highest BCUT2D eigenvalue weighted by atomic mass is 35.5. The van der Waals surface area contributed by atoms with E-state index in [0.29, 0.717) is 12.5 Å². The second kappa shape index (κ2) is 6.21. The number of likely N-dealkylation sites (N-methyl/N-ethyl adjacent to an activating group) is 1. The molecule has 0 heterocycles. The van der Waals surface area contributed by atoms with Crippen LogP contribution in [0.4, 0.5) is 0 Å². The van der Waals surface area contributed by atoms with E-state index in [9.17, 15) is 9.59 Å². The summed E-state index contributed by atoms with van der Waals surface area (Å²) in [5.41, 5.74) is 5.38. The lowest BCUT2D eigenvalue weighted by atomic mass is 9.96. The lowest BCUT2D eigenvalue weighted by molar-refractivity contribution is -0.133. The minimum atomic E-state index is -0.311. The Morgan fingerprint density at radius 3 is 2.35 bits per heavy atom. The van der Waals surface area contributed by atoms with Crippen molar-refractivity contribution in [2.75, 3.05) is 20.1 Å². The van der Waals surface area contributed by atoms with E-state index < -0.39 is 0 Å². The molecule has 1 saturated carbocycles. The zero-order valence-electron chi connectivity index (χ0n) is 10.7. The average Bonchev–Trinajstić information content (AvgIpc) is 3.00. The van der Waals surface area contributed by atoms with Gasteiger partial charge in [-0.2, -0.15) is 0 Å². The highest BCUT2D eigenvalue weighted by Gasteiger charge is 2.41. The van der Waals surface area contributed by atoms with Gasteiger partial charge < -0.3 is 16.0 Å². The molecule has 0 aromatic carbocycles. The molecule has 1 aliphatic carbocycles. The quantitative estimate of drug-likeness (QED) is 0.740. The summed E-state index contributed by atoms with van der Waals surface area (Å²) >= 11 is 0. The molecular weight excluding hydrogens is 242 g/mol. The molecule has 0 aliphatic heterocycles. The standard InChI is InChI=1S/C11H21N3O2.ClH/c1-8(15)14(3)6-10(16)13-11(2,7-12)9-4-5-9;/h9H,4-7,12H2,1-3H3,(H,13,16);1H. The van der Waals surface area contributed by atoms with Crippen molar-refractivity contribution in [2.24, 2.45) is 11.7 Å². The van der Waals surface area contributed by atoms with Gasteiger partial charge >= 0.3 is 0 Å². The minimum Gasteiger partial charge on any atom is -0.348 e. The molecule has 0 aromatic heterocycles. The van der Waals surface area contributed by atoms with E-state index >= 15 is 0 Å². The molecular formula is C11H22ClN3O2. The summed E-state index contributed by atoms with van der Waals surface area (Å²) in [6.07, 6.45) is 2.24. The molecule has 0 bridgehead atoms. The second-order valence-corrected chi connectivity index (χ2v) is 4.82. The molecule has 100 valence electrons. The van der Waals surface area contributed by atoms with Crippen molar-refractivity contribution < 1.29 is 9.59 Å². The van der Waals surface area contributed by atoms with Gasteiger partial charge in [-0.25, -0.2) is 0 Å². The monoisotopic (exact) mass is 263 g/mol. The molecule has 1 fully saturated rings. The Hall–Kier alpha value is -0.810. The van der Waals surface area contributed by atoms with Crippen LogP contribution in [0.3, 0.4) is 0 Å². The first-order valence-electron chi connectivity index (χ1n) is 5.62. The zero-order valence-corrected chi connectivity index (χ0v) is 11.5. The van der Waals surface area contributed by atoms with Crippen molar-refractivity contribution in [3.8, 4) is 0 Å². The maximum absolute atomic E-state index is 11.7. The Morgan fingerprint density at radius 1 is 1.47 bits per heavy atom. The summed E-state index contributed by atoms with van der Waals surface area (Å²) in [4.78, 5) is 24.1. The molecule has 1 atom stereocenters. The molecule has 0 saturated heterocycles. The summed E-state index contributed by atoms with van der Waals surface area (Å²) in [5, 5.41) is 2.93. The Kier molecular flexibility index (Phi) is 5.92. The highest BCUT2D eigenvalue weighted by molar-refractivity contribution is 5.85. The van der Waals surface area contributed by atoms with Crippen LogP contribution in [0.1, 0.15) is 26.7 Å². The predicted octanol–water partition coefficient (Wildman–Crippen LogP) is 0.130. The van der Waals surface area contributed by atoms with Gasteiger partial charge in [-0.05, 0) is 25.7 Å². The largest absolute Gasteiger partial charge is 0.348 e. The van der Waals surface area contributed by atoms with Crippen LogP contribution in [0.15, 0.2) is 0 Å². The van der Waals surface area contributed by atoms with Gasteiger partial charge in [0.05, 0.1) is 12.1 Å². The fraction of sp³-hybridized carbons (Fsp3) is 0.818. The lowest BCUT2D eigenvalue weighted by Crippen LogP contribution is -2.55. The number of hydrogen-bond acceptors (Lipinski definition) is 3. The molecule has 2 amide bonds. The Balaban J connectivity index is 0.00000256. The van der Waals surface area contributed by atoms with Gasteiger partial charge in [0.15, 0.2) is 0 Å². The van der Waals surface area contributed by atoms with Gasteiger partial charge in [0.25, 0.3) is 0 Å². The fourth-order valence-electron chi connectivity index (χ4n) is 1.72. The molecule has 1 unspecified atom stereocenters. The van der Waals surface area contributed by atoms with Crippen molar-refractivity contribution >= 4 is 24.2 Å². The first-order chi connectivity index (χ1) is 7.39. The number of nitrogens with one attached hydrogen (secondary N) is 1. The van der Waals surface area contributed by atoms with Gasteiger partial charge in [0.2, 0.25) is 11.8 Å². The summed E-state index contributed by atoms with van der Waals surface area (Å²) in [7, 11) is 1.61. The van der Waals surface area contributed by atoms with E-state index in [1.165, 1.54) is 11.8 Å². The lowest BCUT2D eigenvalue weighted by Gasteiger charge is -2.30. The number of hydrogen-bond donors (Lipinski definition) is 2. The number of rotatable bonds is 5. The first-order valence-corrected chi connectivity index (χ1v) is 5.62. The van der Waals surface area contributed by atoms with Crippen LogP contribution in [-0.2, 0) is 9.59 Å². The molecule has 0 aromatic rings. The number of nitrogens with two attached hydrogens (primary N) is 1. The molecule has 3 N–H and O–H groups in total. The van der Waals surface area contributed by atoms with Crippen molar-refractivity contribution in [3.05, 3.63) is 0 Å². The van der Waals surface area contributed by atoms with Gasteiger partial charge in [0, 0.05) is 20.5 Å². The predicted molar refractivity (Wildman–Crippen MR) is 68.9 cm³/mol. The van der Waals surface area contributed by atoms with Gasteiger partial charge in [0.1, 0.15) is 0 Å². The van der Waals surface area contributed by atoms with Crippen molar-refractivity contribution in [1.29, 1.82) is 0 Å². The third-order valence-corrected chi connectivity index (χ3v) is 3.25. The summed E-state index contributed by atoms with van der Waals surface area (Å²) < 4.78 is 0. The van der Waals surface area contributed by atoms with E-state index in [-0.39, 0.29) is 36.3 Å². The van der Waals surface area contributed by atoms with Crippen LogP contribution in [0.2, 0.25) is 0 Å². The van der Waals surface area contributed by atoms with Gasteiger partial charge in [-0.15, -0.1) is 12.4 Å². The highest BCUT2D eigenvalue weighted by Crippen LogP contribution is 2.38. The Bertz CT molecular complexity index is 294. The third kappa shape index (κ3) is 4.52. The van der Waals surface area contributed by atoms with Crippen LogP contribution in [0, 0.1) is 5.92 Å². The maximum atomic E-state index is 11.7. The van der Waals surface area contributed by atoms with E-state index in [1.807, 2.05) is 6.92 Å². The van der Waals surface area contributed by atoms with Crippen molar-refractivity contribution in [1.82, 2.24) is 10.2 Å². The number of carbonyl (C=O) groups is 2. The molecule has 1 rings (SSSR count). The van der Waals surface area contributed by atoms with E-state index in [0.717, 1.165) is 12.8 Å². The summed E-state index contributed by atoms with van der Waals surface area (Å²) in [5.74, 6) is 0.234. The smallest absolute Gasteiger partial charge is 0.240 e. The van der Waals surface area contributed by atoms with E-state index in [2.05, 4.69) is 5.32 Å². The van der Waals surface area contributed by atoms with Gasteiger partial charge in [-0.1, -0.05) is 0 Å². The van der Waals surface area contributed by atoms with Gasteiger partial charge in [-0.3, -0.25) is 9.59 Å². The third-order valence-electron chi connectivity index (χ3n) is 3.25. The van der Waals surface area contributed by atoms with Crippen LogP contribution >= 0.6 is 12.4 Å². The minimum absolute atomic E-state index is 0. The maximum Gasteiger partial charge on any atom is 0.240 e. The van der Waals surface area contributed by atoms with Crippen LogP contribution in [0.5, 0.6) is 0 Å². The average molecular weight is 264 g/mol. The number of amides is 2. The Labute approximate surface area is 109 Å². The van der Waals surface area contributed by atoms with E-state index in [4.69, 9.17) is 5.73 Å². The Morgan fingerprint density at radius 2 is 2.00 bits per heavy atom. The number of halogens is 1. The van der Waals surface area contributed by atoms with Crippen LogP contribution < -0.4 is 11.1 Å². The topological polar surface area (TPSA) is 75.4 Å². The van der Waals surface area contributed by atoms with Crippen molar-refractivity contribution in [2.45, 2.75) is 32.2 Å². The van der Waals surface area contributed by atoms with Crippen LogP contribution in [-0.4, -0.2) is 42.4 Å². The molecule has 1 aliphatic rings. The SMILES string of the molecule is CC(=O)N(C)CC(=O)NC(C)(CN)C1CC1.Cl. The molecule has 0 radical (unpaired) electrons.